The van der Waals surface area contributed by atoms with Gasteiger partial charge in [0.25, 0.3) is 0 Å². The first-order valence-corrected chi connectivity index (χ1v) is 4.06. The summed E-state index contributed by atoms with van der Waals surface area (Å²) >= 11 is 0.738. The Morgan fingerprint density at radius 1 is 1.67 bits per heavy atom. The van der Waals surface area contributed by atoms with Gasteiger partial charge in [0.1, 0.15) is 0 Å². The Kier molecular flexibility index (Phi) is 6.75. The van der Waals surface area contributed by atoms with Gasteiger partial charge in [0.2, 0.25) is 0 Å². The molecule has 34 valence electrons. The number of hydrogen-bond acceptors (Lipinski definition) is 1. The van der Waals surface area contributed by atoms with Gasteiger partial charge in [-0.3, -0.25) is 0 Å². The zero-order chi connectivity index (χ0) is 4.83. The molecule has 0 aromatic rings. The van der Waals surface area contributed by atoms with E-state index in [2.05, 4.69) is 6.92 Å². The maximum absolute atomic E-state index is 4.95. The normalized spacial score (nSPS) is 8.67. The van der Waals surface area contributed by atoms with Gasteiger partial charge in [-0.1, -0.05) is 0 Å². The van der Waals surface area contributed by atoms with Crippen LogP contribution in [0.5, 0.6) is 0 Å². The average molecular weight is 277 g/mol. The molecule has 0 aromatic heterocycles. The summed E-state index contributed by atoms with van der Waals surface area (Å²) in [6.45, 7) is 3.16. The van der Waals surface area contributed by atoms with Crippen molar-refractivity contribution >= 4 is 26.2 Å². The van der Waals surface area contributed by atoms with Gasteiger partial charge in [-0.05, 0) is 0 Å². The van der Waals surface area contributed by atoms with Crippen LogP contribution >= 0.6 is 0 Å². The summed E-state index contributed by atoms with van der Waals surface area (Å²) in [5.74, 6) is 0. The molecular formula is C4H9OTl. The molecule has 2 heteroatoms. The van der Waals surface area contributed by atoms with Gasteiger partial charge in [-0.2, -0.15) is 0 Å². The third kappa shape index (κ3) is 4.88. The van der Waals surface area contributed by atoms with Crippen molar-refractivity contribution in [2.45, 2.75) is 19.8 Å². The van der Waals surface area contributed by atoms with E-state index in [0.717, 1.165) is 32.8 Å². The molecule has 0 rings (SSSR count). The van der Waals surface area contributed by atoms with Crippen LogP contribution in [0.2, 0.25) is 0 Å². The van der Waals surface area contributed by atoms with E-state index in [1.54, 1.807) is 0 Å². The molecule has 0 radical (unpaired) electrons. The van der Waals surface area contributed by atoms with Crippen molar-refractivity contribution in [3.8, 4) is 0 Å². The van der Waals surface area contributed by atoms with E-state index in [1.807, 2.05) is 0 Å². The Morgan fingerprint density at radius 3 is 2.50 bits per heavy atom. The molecule has 0 aliphatic heterocycles. The SMILES string of the molecule is CCCC[O][Tl]. The summed E-state index contributed by atoms with van der Waals surface area (Å²) in [6, 6.07) is 0. The summed E-state index contributed by atoms with van der Waals surface area (Å²) in [4.78, 5) is 0. The topological polar surface area (TPSA) is 9.23 Å². The summed E-state index contributed by atoms with van der Waals surface area (Å²) in [7, 11) is 0. The molecule has 0 fully saturated rings. The van der Waals surface area contributed by atoms with Gasteiger partial charge < -0.3 is 0 Å². The molecule has 0 saturated heterocycles. The van der Waals surface area contributed by atoms with Crippen LogP contribution in [0.1, 0.15) is 19.8 Å². The second-order valence-corrected chi connectivity index (χ2v) is 2.52. The Bertz CT molecular complexity index is 19.5. The monoisotopic (exact) mass is 278 g/mol. The standard InChI is InChI=1S/C4H9O.Tl/c1-2-3-4-5;/h2-4H2,1H3;/q-1;+1. The fraction of sp³-hybridized carbons (Fsp3) is 1.00. The van der Waals surface area contributed by atoms with Crippen LogP contribution in [0.25, 0.3) is 0 Å². The second-order valence-electron chi connectivity index (χ2n) is 1.22. The van der Waals surface area contributed by atoms with Crippen molar-refractivity contribution in [3.63, 3.8) is 0 Å². The van der Waals surface area contributed by atoms with Gasteiger partial charge in [0.05, 0.1) is 0 Å². The molecular weight excluding hydrogens is 268 g/mol. The van der Waals surface area contributed by atoms with Crippen LogP contribution in [-0.4, -0.2) is 32.8 Å². The fourth-order valence-corrected chi connectivity index (χ4v) is 0.876. The molecule has 0 unspecified atom stereocenters. The molecule has 0 aliphatic rings. The quantitative estimate of drug-likeness (QED) is 0.550. The molecule has 0 aromatic carbocycles. The van der Waals surface area contributed by atoms with Crippen molar-refractivity contribution in [3.05, 3.63) is 0 Å². The van der Waals surface area contributed by atoms with E-state index in [4.69, 9.17) is 2.69 Å². The van der Waals surface area contributed by atoms with Crippen molar-refractivity contribution in [1.29, 1.82) is 0 Å². The van der Waals surface area contributed by atoms with Gasteiger partial charge in [-0.25, -0.2) is 0 Å². The Balaban J connectivity index is 2.34. The van der Waals surface area contributed by atoms with Crippen molar-refractivity contribution in [1.82, 2.24) is 0 Å². The third-order valence-corrected chi connectivity index (χ3v) is 1.53. The fourth-order valence-electron chi connectivity index (χ4n) is 0.228. The van der Waals surface area contributed by atoms with Crippen molar-refractivity contribution in [2.24, 2.45) is 0 Å². The molecule has 0 heterocycles. The minimum atomic E-state index is 0.738. The van der Waals surface area contributed by atoms with Gasteiger partial charge in [0, 0.05) is 0 Å². The summed E-state index contributed by atoms with van der Waals surface area (Å²) in [5, 5.41) is 0. The molecule has 1 nitrogen and oxygen atoms in total. The van der Waals surface area contributed by atoms with Gasteiger partial charge >= 0.3 is 55.3 Å². The third-order valence-electron chi connectivity index (χ3n) is 0.616. The van der Waals surface area contributed by atoms with E-state index in [1.165, 1.54) is 12.8 Å². The molecule has 0 spiro atoms. The van der Waals surface area contributed by atoms with Crippen LogP contribution in [0.3, 0.4) is 0 Å². The molecule has 6 heavy (non-hydrogen) atoms. The first-order valence-electron chi connectivity index (χ1n) is 2.23. The predicted molar refractivity (Wildman–Crippen MR) is 26.6 cm³/mol. The zero-order valence-corrected chi connectivity index (χ0v) is 8.60. The van der Waals surface area contributed by atoms with Crippen LogP contribution in [0.15, 0.2) is 0 Å². The Hall–Kier alpha value is 0.882. The van der Waals surface area contributed by atoms with E-state index >= 15 is 0 Å². The maximum atomic E-state index is 4.95. The summed E-state index contributed by atoms with van der Waals surface area (Å²) in [5.41, 5.74) is 0. The summed E-state index contributed by atoms with van der Waals surface area (Å²) in [6.07, 6.45) is 2.49. The minimum absolute atomic E-state index is 0.738. The Labute approximate surface area is 55.4 Å². The van der Waals surface area contributed by atoms with Gasteiger partial charge in [0.15, 0.2) is 0 Å². The average Bonchev–Trinajstić information content (AvgIpc) is 1.61. The number of rotatable bonds is 3. The predicted octanol–water partition coefficient (Wildman–Crippen LogP) is 0.887. The molecule has 0 atom stereocenters. The molecule has 0 amide bonds. The molecule has 0 saturated carbocycles. The Morgan fingerprint density at radius 2 is 2.33 bits per heavy atom. The number of hydrogen-bond donors (Lipinski definition) is 0. The van der Waals surface area contributed by atoms with E-state index in [0.29, 0.717) is 0 Å². The van der Waals surface area contributed by atoms with Crippen LogP contribution in [-0.2, 0) is 2.69 Å². The first-order chi connectivity index (χ1) is 2.91. The number of unbranched alkanes of at least 4 members (excludes halogenated alkanes) is 1. The van der Waals surface area contributed by atoms with E-state index in [9.17, 15) is 0 Å². The molecule has 0 aliphatic carbocycles. The molecule has 0 N–H and O–H groups in total. The van der Waals surface area contributed by atoms with Crippen LogP contribution in [0.4, 0.5) is 0 Å². The van der Waals surface area contributed by atoms with E-state index in [-0.39, 0.29) is 0 Å². The first kappa shape index (κ1) is 6.88. The second kappa shape index (κ2) is 5.88. The van der Waals surface area contributed by atoms with Crippen molar-refractivity contribution < 1.29 is 2.69 Å². The van der Waals surface area contributed by atoms with Crippen LogP contribution < -0.4 is 0 Å². The van der Waals surface area contributed by atoms with Gasteiger partial charge in [-0.15, -0.1) is 0 Å². The van der Waals surface area contributed by atoms with Crippen LogP contribution in [0, 0.1) is 0 Å². The summed E-state index contributed by atoms with van der Waals surface area (Å²) < 4.78 is 4.95. The zero-order valence-electron chi connectivity index (χ0n) is 4.11. The van der Waals surface area contributed by atoms with Crippen molar-refractivity contribution in [2.75, 3.05) is 6.61 Å². The van der Waals surface area contributed by atoms with E-state index < -0.39 is 0 Å². The molecule has 0 bridgehead atoms.